The largest absolute Gasteiger partial charge is 0.379 e. The third-order valence-corrected chi connectivity index (χ3v) is 3.61. The summed E-state index contributed by atoms with van der Waals surface area (Å²) in [6.45, 7) is 5.12. The second-order valence-electron chi connectivity index (χ2n) is 4.14. The van der Waals surface area contributed by atoms with E-state index in [1.54, 1.807) is 12.1 Å². The van der Waals surface area contributed by atoms with Crippen molar-refractivity contribution >= 4 is 28.9 Å². The average molecular weight is 302 g/mol. The first kappa shape index (κ1) is 14.2. The number of anilines is 1. The molecule has 0 aliphatic heterocycles. The fourth-order valence-corrected chi connectivity index (χ4v) is 2.21. The molecule has 1 heterocycles. The fourth-order valence-electron chi connectivity index (χ4n) is 1.83. The van der Waals surface area contributed by atoms with Gasteiger partial charge in [0.05, 0.1) is 28.0 Å². The summed E-state index contributed by atoms with van der Waals surface area (Å²) in [5, 5.41) is 8.24. The maximum absolute atomic E-state index is 13.1. The van der Waals surface area contributed by atoms with Crippen LogP contribution in [0.25, 0.3) is 0 Å². The van der Waals surface area contributed by atoms with Crippen molar-refractivity contribution in [2.45, 2.75) is 26.9 Å². The summed E-state index contributed by atoms with van der Waals surface area (Å²) in [7, 11) is 0. The van der Waals surface area contributed by atoms with Crippen molar-refractivity contribution in [3.8, 4) is 0 Å². The van der Waals surface area contributed by atoms with Gasteiger partial charge in [0.2, 0.25) is 0 Å². The summed E-state index contributed by atoms with van der Waals surface area (Å²) in [6.07, 6.45) is 0. The van der Waals surface area contributed by atoms with Crippen LogP contribution in [0.15, 0.2) is 18.2 Å². The van der Waals surface area contributed by atoms with Gasteiger partial charge >= 0.3 is 0 Å². The molecule has 1 aromatic carbocycles. The Labute approximate surface area is 121 Å². The van der Waals surface area contributed by atoms with E-state index in [2.05, 4.69) is 10.4 Å². The summed E-state index contributed by atoms with van der Waals surface area (Å²) < 4.78 is 14.9. The molecule has 2 rings (SSSR count). The summed E-state index contributed by atoms with van der Waals surface area (Å²) in [5.41, 5.74) is 2.45. The number of hydrogen-bond donors (Lipinski definition) is 1. The van der Waals surface area contributed by atoms with Gasteiger partial charge in [0.1, 0.15) is 5.82 Å². The van der Waals surface area contributed by atoms with E-state index in [0.29, 0.717) is 11.6 Å². The fraction of sp³-hybridized carbons (Fsp3) is 0.308. The van der Waals surface area contributed by atoms with Crippen molar-refractivity contribution in [1.29, 1.82) is 0 Å². The van der Waals surface area contributed by atoms with E-state index >= 15 is 0 Å². The summed E-state index contributed by atoms with van der Waals surface area (Å²) in [4.78, 5) is 0. The smallest absolute Gasteiger partial charge is 0.141 e. The van der Waals surface area contributed by atoms with Crippen LogP contribution in [-0.2, 0) is 13.1 Å². The van der Waals surface area contributed by atoms with Gasteiger partial charge in [-0.1, -0.05) is 23.2 Å². The van der Waals surface area contributed by atoms with E-state index in [-0.39, 0.29) is 5.02 Å². The highest BCUT2D eigenvalue weighted by atomic mass is 35.5. The van der Waals surface area contributed by atoms with E-state index in [0.717, 1.165) is 23.6 Å². The van der Waals surface area contributed by atoms with Crippen molar-refractivity contribution in [3.05, 3.63) is 45.4 Å². The molecule has 19 heavy (non-hydrogen) atoms. The number of nitrogens with one attached hydrogen (secondary N) is 1. The Balaban J connectivity index is 2.16. The zero-order chi connectivity index (χ0) is 14.0. The zero-order valence-corrected chi connectivity index (χ0v) is 12.2. The zero-order valence-electron chi connectivity index (χ0n) is 10.7. The molecule has 0 saturated carbocycles. The van der Waals surface area contributed by atoms with Crippen LogP contribution in [0.1, 0.15) is 18.3 Å². The molecule has 0 aliphatic rings. The van der Waals surface area contributed by atoms with Gasteiger partial charge in [-0.15, -0.1) is 0 Å². The minimum absolute atomic E-state index is 0.0938. The van der Waals surface area contributed by atoms with E-state index in [4.69, 9.17) is 23.2 Å². The van der Waals surface area contributed by atoms with Gasteiger partial charge in [0.25, 0.3) is 0 Å². The lowest BCUT2D eigenvalue weighted by Gasteiger charge is -2.09. The first-order chi connectivity index (χ1) is 9.02. The monoisotopic (exact) mass is 301 g/mol. The highest BCUT2D eigenvalue weighted by Crippen LogP contribution is 2.23. The predicted molar refractivity (Wildman–Crippen MR) is 76.4 cm³/mol. The summed E-state index contributed by atoms with van der Waals surface area (Å²) >= 11 is 11.9. The summed E-state index contributed by atoms with van der Waals surface area (Å²) in [6, 6.07) is 4.51. The maximum atomic E-state index is 13.1. The lowest BCUT2D eigenvalue weighted by atomic mass is 10.3. The van der Waals surface area contributed by atoms with Gasteiger partial charge in [-0.25, -0.2) is 4.39 Å². The standard InChI is InChI=1S/C13H14Cl2FN3/c1-3-19-12(13(15)8(2)18-19)7-17-9-4-5-11(16)10(14)6-9/h4-6,17H,3,7H2,1-2H3. The van der Waals surface area contributed by atoms with Crippen LogP contribution in [0.5, 0.6) is 0 Å². The number of benzene rings is 1. The molecular weight excluding hydrogens is 288 g/mol. The van der Waals surface area contributed by atoms with Crippen LogP contribution >= 0.6 is 23.2 Å². The Hall–Kier alpha value is -1.26. The molecule has 0 aliphatic carbocycles. The molecule has 1 N–H and O–H groups in total. The topological polar surface area (TPSA) is 29.9 Å². The number of aromatic nitrogens is 2. The maximum Gasteiger partial charge on any atom is 0.141 e. The molecule has 0 radical (unpaired) electrons. The Kier molecular flexibility index (Phi) is 4.32. The molecule has 0 atom stereocenters. The average Bonchev–Trinajstić information content (AvgIpc) is 2.67. The van der Waals surface area contributed by atoms with E-state index in [9.17, 15) is 4.39 Å². The summed E-state index contributed by atoms with van der Waals surface area (Å²) in [5.74, 6) is -0.431. The number of nitrogens with zero attached hydrogens (tertiary/aromatic N) is 2. The molecule has 3 nitrogen and oxygen atoms in total. The van der Waals surface area contributed by atoms with Gasteiger partial charge in [-0.05, 0) is 32.0 Å². The molecular formula is C13H14Cl2FN3. The van der Waals surface area contributed by atoms with Crippen LogP contribution in [0.2, 0.25) is 10.0 Å². The van der Waals surface area contributed by atoms with Gasteiger partial charge in [0, 0.05) is 12.2 Å². The van der Waals surface area contributed by atoms with Crippen molar-refractivity contribution in [2.75, 3.05) is 5.32 Å². The molecule has 0 spiro atoms. The molecule has 0 saturated heterocycles. The molecule has 0 fully saturated rings. The van der Waals surface area contributed by atoms with Gasteiger partial charge < -0.3 is 5.32 Å². The number of aryl methyl sites for hydroxylation is 2. The minimum atomic E-state index is -0.431. The van der Waals surface area contributed by atoms with Crippen molar-refractivity contribution < 1.29 is 4.39 Å². The van der Waals surface area contributed by atoms with E-state index in [1.807, 2.05) is 18.5 Å². The van der Waals surface area contributed by atoms with E-state index in [1.165, 1.54) is 6.07 Å². The van der Waals surface area contributed by atoms with Crippen LogP contribution < -0.4 is 5.32 Å². The Morgan fingerprint density at radius 2 is 2.11 bits per heavy atom. The van der Waals surface area contributed by atoms with Crippen LogP contribution in [-0.4, -0.2) is 9.78 Å². The van der Waals surface area contributed by atoms with Crippen LogP contribution in [0.4, 0.5) is 10.1 Å². The lowest BCUT2D eigenvalue weighted by Crippen LogP contribution is -2.08. The highest BCUT2D eigenvalue weighted by Gasteiger charge is 2.12. The molecule has 2 aromatic rings. The second kappa shape index (κ2) is 5.80. The van der Waals surface area contributed by atoms with Crippen LogP contribution in [0.3, 0.4) is 0 Å². The molecule has 0 amide bonds. The van der Waals surface area contributed by atoms with Gasteiger partial charge in [-0.3, -0.25) is 4.68 Å². The first-order valence-electron chi connectivity index (χ1n) is 5.93. The molecule has 6 heteroatoms. The molecule has 1 aromatic heterocycles. The molecule has 0 bridgehead atoms. The Bertz CT molecular complexity index is 596. The number of halogens is 3. The second-order valence-corrected chi connectivity index (χ2v) is 4.93. The quantitative estimate of drug-likeness (QED) is 0.914. The first-order valence-corrected chi connectivity index (χ1v) is 6.69. The lowest BCUT2D eigenvalue weighted by molar-refractivity contribution is 0.622. The van der Waals surface area contributed by atoms with Crippen molar-refractivity contribution in [1.82, 2.24) is 9.78 Å². The Morgan fingerprint density at radius 1 is 1.37 bits per heavy atom. The third kappa shape index (κ3) is 3.01. The predicted octanol–water partition coefficient (Wildman–Crippen LogP) is 4.27. The molecule has 0 unspecified atom stereocenters. The minimum Gasteiger partial charge on any atom is -0.379 e. The third-order valence-electron chi connectivity index (χ3n) is 2.83. The van der Waals surface area contributed by atoms with Crippen molar-refractivity contribution in [2.24, 2.45) is 0 Å². The Morgan fingerprint density at radius 3 is 2.74 bits per heavy atom. The number of hydrogen-bond acceptors (Lipinski definition) is 2. The molecule has 102 valence electrons. The normalized spacial score (nSPS) is 10.8. The SMILES string of the molecule is CCn1nc(C)c(Cl)c1CNc1ccc(F)c(Cl)c1. The van der Waals surface area contributed by atoms with Crippen molar-refractivity contribution in [3.63, 3.8) is 0 Å². The van der Waals surface area contributed by atoms with Gasteiger partial charge in [0.15, 0.2) is 0 Å². The van der Waals surface area contributed by atoms with E-state index < -0.39 is 5.82 Å². The van der Waals surface area contributed by atoms with Gasteiger partial charge in [-0.2, -0.15) is 5.10 Å². The number of rotatable bonds is 4. The van der Waals surface area contributed by atoms with Crippen LogP contribution in [0, 0.1) is 12.7 Å². The highest BCUT2D eigenvalue weighted by molar-refractivity contribution is 6.32.